The number of piperazine rings is 1. The van der Waals surface area contributed by atoms with Gasteiger partial charge in [-0.3, -0.25) is 9.78 Å². The number of nitrogens with zero attached hydrogens (tertiary/aromatic N) is 5. The highest BCUT2D eigenvalue weighted by molar-refractivity contribution is 7.09. The van der Waals surface area contributed by atoms with E-state index in [1.807, 2.05) is 28.5 Å². The van der Waals surface area contributed by atoms with Gasteiger partial charge in [0, 0.05) is 38.0 Å². The van der Waals surface area contributed by atoms with E-state index in [2.05, 4.69) is 32.0 Å². The molecule has 4 rings (SSSR count). The standard InChI is InChI=1S/C21H23N5O2S/c1-28-19-14-22-13-18(24-19)25-9-11-26(12-10-25)21(27)17-15-29-20(23-17)8-7-16-5-3-2-4-6-16/h2-6,13-15H,7-12H2,1H3. The van der Waals surface area contributed by atoms with Gasteiger partial charge in [-0.25, -0.2) is 4.98 Å². The van der Waals surface area contributed by atoms with Crippen LogP contribution in [0, 0.1) is 0 Å². The van der Waals surface area contributed by atoms with Gasteiger partial charge in [-0.15, -0.1) is 11.3 Å². The topological polar surface area (TPSA) is 71.5 Å². The Kier molecular flexibility index (Phi) is 6.00. The van der Waals surface area contributed by atoms with E-state index in [0.29, 0.717) is 37.8 Å². The number of anilines is 1. The molecule has 29 heavy (non-hydrogen) atoms. The third-order valence-electron chi connectivity index (χ3n) is 4.94. The predicted molar refractivity (Wildman–Crippen MR) is 113 cm³/mol. The average molecular weight is 410 g/mol. The fraction of sp³-hybridized carbons (Fsp3) is 0.333. The Balaban J connectivity index is 1.32. The third kappa shape index (κ3) is 4.71. The Morgan fingerprint density at radius 3 is 2.62 bits per heavy atom. The molecule has 0 unspecified atom stereocenters. The van der Waals surface area contributed by atoms with Crippen molar-refractivity contribution in [2.24, 2.45) is 0 Å². The van der Waals surface area contributed by atoms with Crippen LogP contribution in [0.15, 0.2) is 48.1 Å². The van der Waals surface area contributed by atoms with Crippen molar-refractivity contribution in [2.45, 2.75) is 12.8 Å². The van der Waals surface area contributed by atoms with E-state index in [1.165, 1.54) is 5.56 Å². The summed E-state index contributed by atoms with van der Waals surface area (Å²) in [5.41, 5.74) is 1.83. The Bertz CT molecular complexity index is 954. The number of hydrogen-bond donors (Lipinski definition) is 0. The van der Waals surface area contributed by atoms with Crippen molar-refractivity contribution in [3.05, 3.63) is 64.4 Å². The monoisotopic (exact) mass is 409 g/mol. The van der Waals surface area contributed by atoms with E-state index in [4.69, 9.17) is 4.74 Å². The molecule has 1 fully saturated rings. The number of carbonyl (C=O) groups excluding carboxylic acids is 1. The SMILES string of the molecule is COc1cncc(N2CCN(C(=O)c3csc(CCc4ccccc4)n3)CC2)n1. The summed E-state index contributed by atoms with van der Waals surface area (Å²) in [6, 6.07) is 10.3. The Labute approximate surface area is 174 Å². The molecule has 0 saturated carbocycles. The minimum absolute atomic E-state index is 0.00332. The number of hydrogen-bond acceptors (Lipinski definition) is 7. The summed E-state index contributed by atoms with van der Waals surface area (Å²) in [6.07, 6.45) is 5.09. The fourth-order valence-corrected chi connectivity index (χ4v) is 4.08. The molecule has 3 heterocycles. The molecule has 0 aliphatic carbocycles. The highest BCUT2D eigenvalue weighted by Gasteiger charge is 2.24. The lowest BCUT2D eigenvalue weighted by molar-refractivity contribution is 0.0741. The predicted octanol–water partition coefficient (Wildman–Crippen LogP) is 2.69. The zero-order valence-corrected chi connectivity index (χ0v) is 17.1. The van der Waals surface area contributed by atoms with E-state index < -0.39 is 0 Å². The zero-order chi connectivity index (χ0) is 20.1. The second-order valence-electron chi connectivity index (χ2n) is 6.81. The first-order valence-electron chi connectivity index (χ1n) is 9.61. The highest BCUT2D eigenvalue weighted by Crippen LogP contribution is 2.18. The number of rotatable bonds is 6. The van der Waals surface area contributed by atoms with Gasteiger partial charge in [0.25, 0.3) is 5.91 Å². The molecule has 1 amide bonds. The Morgan fingerprint density at radius 2 is 1.86 bits per heavy atom. The van der Waals surface area contributed by atoms with E-state index in [-0.39, 0.29) is 5.91 Å². The average Bonchev–Trinajstić information content (AvgIpc) is 3.27. The van der Waals surface area contributed by atoms with Crippen LogP contribution in [-0.4, -0.2) is 59.0 Å². The lowest BCUT2D eigenvalue weighted by atomic mass is 10.1. The number of aromatic nitrogens is 3. The second kappa shape index (κ2) is 9.00. The van der Waals surface area contributed by atoms with Crippen molar-refractivity contribution >= 4 is 23.1 Å². The van der Waals surface area contributed by atoms with Crippen molar-refractivity contribution in [2.75, 3.05) is 38.2 Å². The van der Waals surface area contributed by atoms with Crippen molar-refractivity contribution in [3.63, 3.8) is 0 Å². The van der Waals surface area contributed by atoms with Gasteiger partial charge in [-0.2, -0.15) is 4.98 Å². The number of amides is 1. The molecule has 3 aromatic rings. The molecule has 0 N–H and O–H groups in total. The molecule has 1 saturated heterocycles. The van der Waals surface area contributed by atoms with Crippen molar-refractivity contribution in [1.82, 2.24) is 19.9 Å². The van der Waals surface area contributed by atoms with Crippen LogP contribution in [0.5, 0.6) is 5.88 Å². The van der Waals surface area contributed by atoms with Crippen LogP contribution in [-0.2, 0) is 12.8 Å². The molecule has 0 spiro atoms. The number of ether oxygens (including phenoxy) is 1. The van der Waals surface area contributed by atoms with Crippen LogP contribution in [0.25, 0.3) is 0 Å². The minimum Gasteiger partial charge on any atom is -0.480 e. The quantitative estimate of drug-likeness (QED) is 0.623. The number of carbonyl (C=O) groups is 1. The normalized spacial score (nSPS) is 14.1. The lowest BCUT2D eigenvalue weighted by Gasteiger charge is -2.34. The third-order valence-corrected chi connectivity index (χ3v) is 5.85. The number of benzene rings is 1. The highest BCUT2D eigenvalue weighted by atomic mass is 32.1. The minimum atomic E-state index is 0.00332. The van der Waals surface area contributed by atoms with Crippen molar-refractivity contribution in [1.29, 1.82) is 0 Å². The van der Waals surface area contributed by atoms with Crippen LogP contribution in [0.1, 0.15) is 21.1 Å². The molecule has 150 valence electrons. The summed E-state index contributed by atoms with van der Waals surface area (Å²) < 4.78 is 5.14. The van der Waals surface area contributed by atoms with Crippen LogP contribution in [0.3, 0.4) is 0 Å². The molecule has 8 heteroatoms. The van der Waals surface area contributed by atoms with Gasteiger partial charge in [0.05, 0.1) is 24.5 Å². The fourth-order valence-electron chi connectivity index (χ4n) is 3.31. The summed E-state index contributed by atoms with van der Waals surface area (Å²) in [6.45, 7) is 2.68. The molecule has 0 atom stereocenters. The van der Waals surface area contributed by atoms with E-state index >= 15 is 0 Å². The summed E-state index contributed by atoms with van der Waals surface area (Å²) >= 11 is 1.56. The maximum atomic E-state index is 12.8. The molecular formula is C21H23N5O2S. The molecule has 1 aromatic carbocycles. The largest absolute Gasteiger partial charge is 0.480 e. The van der Waals surface area contributed by atoms with Gasteiger partial charge in [0.1, 0.15) is 5.69 Å². The van der Waals surface area contributed by atoms with Crippen molar-refractivity contribution < 1.29 is 9.53 Å². The number of aryl methyl sites for hydroxylation is 2. The molecule has 2 aromatic heterocycles. The molecular weight excluding hydrogens is 386 g/mol. The van der Waals surface area contributed by atoms with Gasteiger partial charge in [-0.05, 0) is 12.0 Å². The van der Waals surface area contributed by atoms with Crippen molar-refractivity contribution in [3.8, 4) is 5.88 Å². The van der Waals surface area contributed by atoms with Crippen LogP contribution in [0.4, 0.5) is 5.82 Å². The lowest BCUT2D eigenvalue weighted by Crippen LogP contribution is -2.49. The van der Waals surface area contributed by atoms with Gasteiger partial charge in [-0.1, -0.05) is 30.3 Å². The summed E-state index contributed by atoms with van der Waals surface area (Å²) in [5.74, 6) is 1.27. The van der Waals surface area contributed by atoms with Crippen LogP contribution in [0.2, 0.25) is 0 Å². The number of methoxy groups -OCH3 is 1. The summed E-state index contributed by atoms with van der Waals surface area (Å²) in [4.78, 5) is 30.0. The molecule has 0 radical (unpaired) electrons. The van der Waals surface area contributed by atoms with Gasteiger partial charge in [0.15, 0.2) is 5.82 Å². The van der Waals surface area contributed by atoms with Gasteiger partial charge in [0.2, 0.25) is 5.88 Å². The smallest absolute Gasteiger partial charge is 0.273 e. The van der Waals surface area contributed by atoms with E-state index in [0.717, 1.165) is 23.7 Å². The molecule has 1 aliphatic rings. The zero-order valence-electron chi connectivity index (χ0n) is 16.3. The first-order valence-corrected chi connectivity index (χ1v) is 10.5. The maximum Gasteiger partial charge on any atom is 0.273 e. The van der Waals surface area contributed by atoms with Crippen LogP contribution < -0.4 is 9.64 Å². The Hall–Kier alpha value is -3.00. The van der Waals surface area contributed by atoms with E-state index in [9.17, 15) is 4.79 Å². The summed E-state index contributed by atoms with van der Waals surface area (Å²) in [7, 11) is 1.58. The number of thiazole rings is 1. The van der Waals surface area contributed by atoms with E-state index in [1.54, 1.807) is 30.8 Å². The second-order valence-corrected chi connectivity index (χ2v) is 7.75. The Morgan fingerprint density at radius 1 is 1.07 bits per heavy atom. The van der Waals surface area contributed by atoms with Gasteiger partial charge < -0.3 is 14.5 Å². The first kappa shape index (κ1) is 19.3. The molecule has 7 nitrogen and oxygen atoms in total. The van der Waals surface area contributed by atoms with Gasteiger partial charge >= 0.3 is 0 Å². The first-order chi connectivity index (χ1) is 14.2. The molecule has 0 bridgehead atoms. The maximum absolute atomic E-state index is 12.8. The van der Waals surface area contributed by atoms with Crippen LogP contribution >= 0.6 is 11.3 Å². The molecule has 1 aliphatic heterocycles. The summed E-state index contributed by atoms with van der Waals surface area (Å²) in [5, 5.41) is 2.88.